The van der Waals surface area contributed by atoms with Gasteiger partial charge in [-0.3, -0.25) is 9.69 Å². The zero-order chi connectivity index (χ0) is 16.8. The first-order chi connectivity index (χ1) is 11.0. The Bertz CT molecular complexity index is 581. The molecule has 5 nitrogen and oxygen atoms in total. The monoisotopic (exact) mass is 335 g/mol. The van der Waals surface area contributed by atoms with Gasteiger partial charge in [-0.2, -0.15) is 5.26 Å². The summed E-state index contributed by atoms with van der Waals surface area (Å²) in [6.07, 6.45) is 0.534. The molecule has 1 amide bonds. The van der Waals surface area contributed by atoms with Gasteiger partial charge in [0.25, 0.3) is 5.91 Å². The maximum Gasteiger partial charge on any atom is 0.260 e. The van der Waals surface area contributed by atoms with E-state index < -0.39 is 0 Å². The van der Waals surface area contributed by atoms with E-state index in [0.717, 1.165) is 35.8 Å². The summed E-state index contributed by atoms with van der Waals surface area (Å²) in [5.41, 5.74) is 1.89. The SMILES string of the molecule is Cc1cc(OCC(=O)N2CCN(CCC#N)CC2)cc(C)c1Cl. The van der Waals surface area contributed by atoms with Gasteiger partial charge in [-0.1, -0.05) is 11.6 Å². The molecule has 0 N–H and O–H groups in total. The summed E-state index contributed by atoms with van der Waals surface area (Å²) in [5.74, 6) is 0.667. The molecule has 1 aliphatic heterocycles. The molecule has 1 fully saturated rings. The first-order valence-corrected chi connectivity index (χ1v) is 8.15. The lowest BCUT2D eigenvalue weighted by Crippen LogP contribution is -2.50. The zero-order valence-corrected chi connectivity index (χ0v) is 14.4. The molecule has 0 unspecified atom stereocenters. The number of amides is 1. The summed E-state index contributed by atoms with van der Waals surface area (Å²) in [6, 6.07) is 5.85. The van der Waals surface area contributed by atoms with Gasteiger partial charge in [0.1, 0.15) is 5.75 Å². The minimum absolute atomic E-state index is 0.00445. The normalized spacial score (nSPS) is 15.3. The summed E-state index contributed by atoms with van der Waals surface area (Å²) in [6.45, 7) is 7.66. The van der Waals surface area contributed by atoms with E-state index in [4.69, 9.17) is 21.6 Å². The van der Waals surface area contributed by atoms with Crippen LogP contribution in [0.4, 0.5) is 0 Å². The highest BCUT2D eigenvalue weighted by Gasteiger charge is 2.21. The van der Waals surface area contributed by atoms with Crippen LogP contribution in [0.15, 0.2) is 12.1 Å². The van der Waals surface area contributed by atoms with Gasteiger partial charge in [0.15, 0.2) is 6.61 Å². The third kappa shape index (κ3) is 4.85. The van der Waals surface area contributed by atoms with Crippen molar-refractivity contribution in [3.63, 3.8) is 0 Å². The molecular formula is C17H22ClN3O2. The summed E-state index contributed by atoms with van der Waals surface area (Å²) < 4.78 is 5.62. The molecule has 0 bridgehead atoms. The van der Waals surface area contributed by atoms with Crippen LogP contribution in [0, 0.1) is 25.2 Å². The molecule has 1 aromatic rings. The highest BCUT2D eigenvalue weighted by atomic mass is 35.5. The number of nitrogens with zero attached hydrogens (tertiary/aromatic N) is 3. The van der Waals surface area contributed by atoms with E-state index in [1.807, 2.05) is 30.9 Å². The van der Waals surface area contributed by atoms with E-state index >= 15 is 0 Å². The average molecular weight is 336 g/mol. The Kier molecular flexibility index (Phi) is 6.26. The van der Waals surface area contributed by atoms with Crippen molar-refractivity contribution in [2.45, 2.75) is 20.3 Å². The Labute approximate surface area is 142 Å². The van der Waals surface area contributed by atoms with E-state index in [2.05, 4.69) is 11.0 Å². The zero-order valence-electron chi connectivity index (χ0n) is 13.6. The Hall–Kier alpha value is -1.77. The van der Waals surface area contributed by atoms with Crippen LogP contribution in [0.1, 0.15) is 17.5 Å². The second kappa shape index (κ2) is 8.19. The number of benzene rings is 1. The Morgan fingerprint density at radius 2 is 1.87 bits per heavy atom. The van der Waals surface area contributed by atoms with Gasteiger partial charge in [0.05, 0.1) is 6.07 Å². The lowest BCUT2D eigenvalue weighted by Gasteiger charge is -2.34. The van der Waals surface area contributed by atoms with Gasteiger partial charge in [0, 0.05) is 44.2 Å². The second-order valence-electron chi connectivity index (χ2n) is 5.79. The van der Waals surface area contributed by atoms with Crippen molar-refractivity contribution < 1.29 is 9.53 Å². The Balaban J connectivity index is 1.81. The van der Waals surface area contributed by atoms with Gasteiger partial charge in [-0.05, 0) is 37.1 Å². The number of hydrogen-bond donors (Lipinski definition) is 0. The molecule has 1 aliphatic rings. The third-order valence-electron chi connectivity index (χ3n) is 4.04. The molecule has 124 valence electrons. The Morgan fingerprint density at radius 1 is 1.26 bits per heavy atom. The Morgan fingerprint density at radius 3 is 2.43 bits per heavy atom. The first kappa shape index (κ1) is 17.6. The van der Waals surface area contributed by atoms with Crippen LogP contribution in [-0.2, 0) is 4.79 Å². The first-order valence-electron chi connectivity index (χ1n) is 7.78. The number of rotatable bonds is 5. The van der Waals surface area contributed by atoms with Gasteiger partial charge >= 0.3 is 0 Å². The van der Waals surface area contributed by atoms with Gasteiger partial charge in [0.2, 0.25) is 0 Å². The topological polar surface area (TPSA) is 56.6 Å². The summed E-state index contributed by atoms with van der Waals surface area (Å²) in [5, 5.41) is 9.34. The highest BCUT2D eigenvalue weighted by Crippen LogP contribution is 2.25. The standard InChI is InChI=1S/C17H22ClN3O2/c1-13-10-15(11-14(2)17(13)18)23-12-16(22)21-8-6-20(7-9-21)5-3-4-19/h10-11H,3,5-9,12H2,1-2H3. The minimum atomic E-state index is -0.00445. The molecule has 0 aromatic heterocycles. The molecule has 0 spiro atoms. The molecule has 23 heavy (non-hydrogen) atoms. The predicted molar refractivity (Wildman–Crippen MR) is 89.7 cm³/mol. The van der Waals surface area contributed by atoms with Gasteiger partial charge in [-0.25, -0.2) is 0 Å². The van der Waals surface area contributed by atoms with Crippen molar-refractivity contribution in [2.75, 3.05) is 39.3 Å². The number of carbonyl (C=O) groups is 1. The third-order valence-corrected chi connectivity index (χ3v) is 4.63. The summed E-state index contributed by atoms with van der Waals surface area (Å²) >= 11 is 6.13. The molecule has 0 aliphatic carbocycles. The van der Waals surface area contributed by atoms with Gasteiger partial charge in [-0.15, -0.1) is 0 Å². The van der Waals surface area contributed by atoms with Crippen LogP contribution in [0.3, 0.4) is 0 Å². The number of piperazine rings is 1. The molecule has 0 atom stereocenters. The number of halogens is 1. The smallest absolute Gasteiger partial charge is 0.260 e. The number of nitriles is 1. The second-order valence-corrected chi connectivity index (χ2v) is 6.17. The van der Waals surface area contributed by atoms with Crippen LogP contribution in [0.25, 0.3) is 0 Å². The fraction of sp³-hybridized carbons (Fsp3) is 0.529. The summed E-state index contributed by atoms with van der Waals surface area (Å²) in [4.78, 5) is 16.3. The largest absolute Gasteiger partial charge is 0.484 e. The molecule has 0 radical (unpaired) electrons. The molecule has 1 saturated heterocycles. The molecule has 2 rings (SSSR count). The molecular weight excluding hydrogens is 314 g/mol. The molecule has 1 aromatic carbocycles. The van der Waals surface area contributed by atoms with Crippen LogP contribution in [0.2, 0.25) is 5.02 Å². The van der Waals surface area contributed by atoms with Crippen LogP contribution < -0.4 is 4.74 Å². The van der Waals surface area contributed by atoms with Gasteiger partial charge < -0.3 is 9.64 Å². The quantitative estimate of drug-likeness (QED) is 0.829. The van der Waals surface area contributed by atoms with Crippen molar-refractivity contribution >= 4 is 17.5 Å². The minimum Gasteiger partial charge on any atom is -0.484 e. The van der Waals surface area contributed by atoms with E-state index in [-0.39, 0.29) is 12.5 Å². The molecule has 6 heteroatoms. The van der Waals surface area contributed by atoms with E-state index in [1.165, 1.54) is 0 Å². The highest BCUT2D eigenvalue weighted by molar-refractivity contribution is 6.32. The van der Waals surface area contributed by atoms with E-state index in [9.17, 15) is 4.79 Å². The van der Waals surface area contributed by atoms with Crippen molar-refractivity contribution in [1.29, 1.82) is 5.26 Å². The fourth-order valence-corrected chi connectivity index (χ4v) is 2.76. The fourth-order valence-electron chi connectivity index (χ4n) is 2.65. The lowest BCUT2D eigenvalue weighted by atomic mass is 10.1. The van der Waals surface area contributed by atoms with Crippen LogP contribution in [-0.4, -0.2) is 55.0 Å². The molecule has 0 saturated carbocycles. The van der Waals surface area contributed by atoms with Crippen molar-refractivity contribution in [1.82, 2.24) is 9.80 Å². The van der Waals surface area contributed by atoms with Crippen LogP contribution in [0.5, 0.6) is 5.75 Å². The summed E-state index contributed by atoms with van der Waals surface area (Å²) in [7, 11) is 0. The van der Waals surface area contributed by atoms with E-state index in [0.29, 0.717) is 25.3 Å². The van der Waals surface area contributed by atoms with Crippen molar-refractivity contribution in [3.05, 3.63) is 28.3 Å². The maximum absolute atomic E-state index is 12.2. The number of hydrogen-bond acceptors (Lipinski definition) is 4. The maximum atomic E-state index is 12.2. The lowest BCUT2D eigenvalue weighted by molar-refractivity contribution is -0.135. The van der Waals surface area contributed by atoms with Crippen molar-refractivity contribution in [3.8, 4) is 11.8 Å². The predicted octanol–water partition coefficient (Wildman–Crippen LogP) is 2.39. The van der Waals surface area contributed by atoms with Crippen molar-refractivity contribution in [2.24, 2.45) is 0 Å². The number of ether oxygens (including phenoxy) is 1. The number of carbonyl (C=O) groups excluding carboxylic acids is 1. The molecule has 1 heterocycles. The number of aryl methyl sites for hydroxylation is 2. The average Bonchev–Trinajstić information content (AvgIpc) is 2.56. The van der Waals surface area contributed by atoms with E-state index in [1.54, 1.807) is 0 Å². The van der Waals surface area contributed by atoms with Crippen LogP contribution >= 0.6 is 11.6 Å².